The van der Waals surface area contributed by atoms with E-state index in [0.29, 0.717) is 11.5 Å². The first-order valence-corrected chi connectivity index (χ1v) is 11.9. The van der Waals surface area contributed by atoms with Gasteiger partial charge in [0.2, 0.25) is 10.0 Å². The summed E-state index contributed by atoms with van der Waals surface area (Å²) in [5, 5.41) is 9.96. The predicted molar refractivity (Wildman–Crippen MR) is 119 cm³/mol. The van der Waals surface area contributed by atoms with Gasteiger partial charge in [-0.3, -0.25) is 4.79 Å². The minimum atomic E-state index is -4.75. The second-order valence-corrected chi connectivity index (χ2v) is 9.92. The first-order valence-electron chi connectivity index (χ1n) is 10.4. The topological polar surface area (TPSA) is 123 Å². The lowest BCUT2D eigenvalue weighted by molar-refractivity contribution is -0.147. The first kappa shape index (κ1) is 26.2. The van der Waals surface area contributed by atoms with Gasteiger partial charge in [-0.1, -0.05) is 19.9 Å². The van der Waals surface area contributed by atoms with Gasteiger partial charge in [0.25, 0.3) is 0 Å². The molecule has 0 bridgehead atoms. The zero-order chi connectivity index (χ0) is 26.0. The van der Waals surface area contributed by atoms with Crippen LogP contribution in [0.2, 0.25) is 0 Å². The smallest absolute Gasteiger partial charge is 0.416 e. The fourth-order valence-corrected chi connectivity index (χ4v) is 4.59. The maximum atomic E-state index is 13.0. The van der Waals surface area contributed by atoms with Crippen LogP contribution in [0.3, 0.4) is 0 Å². The van der Waals surface area contributed by atoms with Crippen molar-refractivity contribution in [2.75, 3.05) is 0 Å². The molecule has 1 atom stereocenters. The summed E-state index contributed by atoms with van der Waals surface area (Å²) in [6.45, 7) is 3.04. The Hall–Kier alpha value is -3.38. The molecule has 1 aromatic heterocycles. The Balaban J connectivity index is 1.83. The molecule has 0 saturated heterocycles. The van der Waals surface area contributed by atoms with Crippen molar-refractivity contribution in [3.05, 3.63) is 70.1 Å². The fraction of sp³-hybridized carbons (Fsp3) is 0.304. The second kappa shape index (κ2) is 10.1. The number of fused-ring (bicyclic) bond motifs is 1. The number of alkyl halides is 3. The highest BCUT2D eigenvalue weighted by atomic mass is 32.2. The van der Waals surface area contributed by atoms with E-state index in [4.69, 9.17) is 9.15 Å². The van der Waals surface area contributed by atoms with E-state index in [0.717, 1.165) is 24.3 Å². The number of aromatic hydroxyl groups is 1. The van der Waals surface area contributed by atoms with Crippen molar-refractivity contribution in [3.8, 4) is 5.75 Å². The van der Waals surface area contributed by atoms with Gasteiger partial charge in [0.15, 0.2) is 0 Å². The van der Waals surface area contributed by atoms with Crippen LogP contribution in [-0.2, 0) is 32.3 Å². The van der Waals surface area contributed by atoms with Crippen molar-refractivity contribution < 1.29 is 40.6 Å². The number of benzene rings is 2. The Morgan fingerprint density at radius 1 is 1.14 bits per heavy atom. The zero-order valence-corrected chi connectivity index (χ0v) is 19.4. The van der Waals surface area contributed by atoms with Crippen LogP contribution in [0.25, 0.3) is 11.0 Å². The normalized spacial score (nSPS) is 13.2. The number of phenols is 1. The predicted octanol–water partition coefficient (Wildman–Crippen LogP) is 3.95. The van der Waals surface area contributed by atoms with Gasteiger partial charge in [0.1, 0.15) is 24.0 Å². The molecule has 0 fully saturated rings. The van der Waals surface area contributed by atoms with Gasteiger partial charge in [0, 0.05) is 23.1 Å². The largest absolute Gasteiger partial charge is 0.508 e. The van der Waals surface area contributed by atoms with Crippen molar-refractivity contribution >= 4 is 27.0 Å². The SMILES string of the molecule is CC(C)CC(NS(=O)(=O)c1cccc(C(F)(F)F)c1)C(=O)OCc1cc(=O)oc2cc(O)ccc12. The molecule has 2 aromatic carbocycles. The minimum absolute atomic E-state index is 0.00255. The van der Waals surface area contributed by atoms with Crippen molar-refractivity contribution in [1.82, 2.24) is 4.72 Å². The molecule has 0 amide bonds. The molecule has 188 valence electrons. The molecule has 2 N–H and O–H groups in total. The molecule has 3 aromatic rings. The van der Waals surface area contributed by atoms with Gasteiger partial charge in [-0.15, -0.1) is 0 Å². The molecule has 8 nitrogen and oxygen atoms in total. The number of carbonyl (C=O) groups is 1. The Bertz CT molecular complexity index is 1400. The number of esters is 1. The summed E-state index contributed by atoms with van der Waals surface area (Å²) in [6, 6.07) is 6.87. The van der Waals surface area contributed by atoms with Crippen molar-refractivity contribution in [1.29, 1.82) is 0 Å². The van der Waals surface area contributed by atoms with Gasteiger partial charge in [-0.05, 0) is 42.7 Å². The fourth-order valence-electron chi connectivity index (χ4n) is 3.35. The average Bonchev–Trinajstić information content (AvgIpc) is 2.75. The molecular weight excluding hydrogens is 491 g/mol. The molecule has 0 aliphatic carbocycles. The van der Waals surface area contributed by atoms with Crippen LogP contribution in [0.4, 0.5) is 13.2 Å². The number of hydrogen-bond donors (Lipinski definition) is 2. The number of ether oxygens (including phenoxy) is 1. The monoisotopic (exact) mass is 513 g/mol. The summed E-state index contributed by atoms with van der Waals surface area (Å²) < 4.78 is 77.0. The van der Waals surface area contributed by atoms with Crippen LogP contribution < -0.4 is 10.3 Å². The Kier molecular flexibility index (Phi) is 7.56. The third kappa shape index (κ3) is 6.61. The van der Waals surface area contributed by atoms with E-state index in [1.165, 1.54) is 18.2 Å². The van der Waals surface area contributed by atoms with Crippen LogP contribution >= 0.6 is 0 Å². The van der Waals surface area contributed by atoms with E-state index in [-0.39, 0.29) is 29.2 Å². The molecule has 12 heteroatoms. The minimum Gasteiger partial charge on any atom is -0.508 e. The lowest BCUT2D eigenvalue weighted by Crippen LogP contribution is -2.42. The number of nitrogens with one attached hydrogen (secondary N) is 1. The van der Waals surface area contributed by atoms with Gasteiger partial charge >= 0.3 is 17.8 Å². The number of rotatable bonds is 8. The third-order valence-electron chi connectivity index (χ3n) is 4.94. The summed E-state index contributed by atoms with van der Waals surface area (Å²) in [5.74, 6) is -1.30. The highest BCUT2D eigenvalue weighted by molar-refractivity contribution is 7.89. The van der Waals surface area contributed by atoms with E-state index >= 15 is 0 Å². The lowest BCUT2D eigenvalue weighted by atomic mass is 10.0. The van der Waals surface area contributed by atoms with E-state index in [2.05, 4.69) is 4.72 Å². The maximum Gasteiger partial charge on any atom is 0.416 e. The van der Waals surface area contributed by atoms with Crippen LogP contribution in [-0.4, -0.2) is 25.5 Å². The van der Waals surface area contributed by atoms with Crippen LogP contribution in [0.5, 0.6) is 5.75 Å². The standard InChI is InChI=1S/C23H22F3NO7S/c1-13(2)8-19(27-35(31,32)17-5-3-4-15(10-17)23(24,25)26)22(30)33-12-14-9-21(29)34-20-11-16(28)6-7-18(14)20/h3-7,9-11,13,19,27-28H,8,12H2,1-2H3. The van der Waals surface area contributed by atoms with E-state index in [1.54, 1.807) is 13.8 Å². The van der Waals surface area contributed by atoms with Crippen molar-refractivity contribution in [2.24, 2.45) is 5.92 Å². The molecule has 0 saturated carbocycles. The molecule has 0 aliphatic heterocycles. The van der Waals surface area contributed by atoms with Gasteiger partial charge in [-0.2, -0.15) is 17.9 Å². The summed E-state index contributed by atoms with van der Waals surface area (Å²) in [7, 11) is -4.51. The molecule has 1 unspecified atom stereocenters. The number of carbonyl (C=O) groups excluding carboxylic acids is 1. The second-order valence-electron chi connectivity index (χ2n) is 8.21. The van der Waals surface area contributed by atoms with Crippen LogP contribution in [0, 0.1) is 5.92 Å². The number of sulfonamides is 1. The van der Waals surface area contributed by atoms with E-state index < -0.39 is 50.9 Å². The van der Waals surface area contributed by atoms with Crippen LogP contribution in [0.1, 0.15) is 31.4 Å². The van der Waals surface area contributed by atoms with Gasteiger partial charge in [0.05, 0.1) is 10.5 Å². The Morgan fingerprint density at radius 2 is 1.86 bits per heavy atom. The third-order valence-corrected chi connectivity index (χ3v) is 6.41. The van der Waals surface area contributed by atoms with E-state index in [1.807, 2.05) is 0 Å². The molecular formula is C23H22F3NO7S. The van der Waals surface area contributed by atoms with Gasteiger partial charge in [-0.25, -0.2) is 13.2 Å². The summed E-state index contributed by atoms with van der Waals surface area (Å²) >= 11 is 0. The Morgan fingerprint density at radius 3 is 2.51 bits per heavy atom. The molecule has 0 radical (unpaired) electrons. The molecule has 1 heterocycles. The summed E-state index contributed by atoms with van der Waals surface area (Å²) in [6.07, 6.45) is -4.74. The van der Waals surface area contributed by atoms with Crippen molar-refractivity contribution in [2.45, 2.75) is 44.0 Å². The highest BCUT2D eigenvalue weighted by Gasteiger charge is 2.33. The quantitative estimate of drug-likeness (QED) is 0.345. The van der Waals surface area contributed by atoms with Gasteiger partial charge < -0.3 is 14.3 Å². The highest BCUT2D eigenvalue weighted by Crippen LogP contribution is 2.30. The maximum absolute atomic E-state index is 13.0. The molecule has 0 spiro atoms. The van der Waals surface area contributed by atoms with Crippen LogP contribution in [0.15, 0.2) is 62.6 Å². The Labute approximate surface area is 198 Å². The zero-order valence-electron chi connectivity index (χ0n) is 18.6. The lowest BCUT2D eigenvalue weighted by Gasteiger charge is -2.20. The summed E-state index contributed by atoms with van der Waals surface area (Å²) in [5.41, 5.74) is -1.58. The van der Waals surface area contributed by atoms with Crippen molar-refractivity contribution in [3.63, 3.8) is 0 Å². The number of halogens is 3. The van der Waals surface area contributed by atoms with E-state index in [9.17, 15) is 36.3 Å². The molecule has 3 rings (SSSR count). The summed E-state index contributed by atoms with van der Waals surface area (Å²) in [4.78, 5) is 24.0. The number of hydrogen-bond acceptors (Lipinski definition) is 7. The molecule has 0 aliphatic rings. The first-order chi connectivity index (χ1) is 16.3. The number of phenolic OH excluding ortho intramolecular Hbond substituents is 1. The molecule has 35 heavy (non-hydrogen) atoms. The average molecular weight is 513 g/mol.